The van der Waals surface area contributed by atoms with Gasteiger partial charge in [-0.3, -0.25) is 4.84 Å². The zero-order chi connectivity index (χ0) is 16.0. The first-order valence-corrected chi connectivity index (χ1v) is 8.46. The number of nitrogens with zero attached hydrogens (tertiary/aromatic N) is 1. The fourth-order valence-corrected chi connectivity index (χ4v) is 2.37. The molecule has 0 aliphatic heterocycles. The van der Waals surface area contributed by atoms with E-state index in [1.807, 2.05) is 6.07 Å². The Morgan fingerprint density at radius 2 is 1.50 bits per heavy atom. The standard InChI is InChI=1S/C18H29NO3/c1-2-3-4-5-6-7-8-9-13-16-22-19(18(20)21)17-14-11-10-12-15-17/h10-12,14-15H,2-9,13,16H2,1H3,(H,20,21). The molecule has 0 aliphatic carbocycles. The molecule has 4 heteroatoms. The molecule has 1 aromatic rings. The van der Waals surface area contributed by atoms with E-state index in [4.69, 9.17) is 4.84 Å². The lowest BCUT2D eigenvalue weighted by molar-refractivity contribution is 0.0922. The molecule has 0 bridgehead atoms. The number of benzene rings is 1. The first-order valence-electron chi connectivity index (χ1n) is 8.46. The minimum atomic E-state index is -1.08. The smallest absolute Gasteiger partial charge is 0.436 e. The predicted molar refractivity (Wildman–Crippen MR) is 90.1 cm³/mol. The van der Waals surface area contributed by atoms with Crippen LogP contribution in [0.5, 0.6) is 0 Å². The van der Waals surface area contributed by atoms with Gasteiger partial charge in [-0.15, -0.1) is 0 Å². The summed E-state index contributed by atoms with van der Waals surface area (Å²) in [6.07, 6.45) is 10.0. The van der Waals surface area contributed by atoms with Crippen molar-refractivity contribution in [3.8, 4) is 0 Å². The van der Waals surface area contributed by atoms with Gasteiger partial charge in [-0.05, 0) is 18.6 Å². The summed E-state index contributed by atoms with van der Waals surface area (Å²) in [5.74, 6) is 0. The average molecular weight is 307 g/mol. The lowest BCUT2D eigenvalue weighted by Crippen LogP contribution is -2.29. The number of hydroxylamine groups is 1. The van der Waals surface area contributed by atoms with Crippen LogP contribution in [0, 0.1) is 0 Å². The fourth-order valence-electron chi connectivity index (χ4n) is 2.37. The number of hydrogen-bond donors (Lipinski definition) is 1. The molecule has 0 aliphatic rings. The second kappa shape index (κ2) is 12.0. The van der Waals surface area contributed by atoms with Crippen LogP contribution in [0.1, 0.15) is 64.7 Å². The van der Waals surface area contributed by atoms with Crippen LogP contribution in [0.25, 0.3) is 0 Å². The van der Waals surface area contributed by atoms with Crippen LogP contribution in [0.4, 0.5) is 10.5 Å². The molecular formula is C18H29NO3. The van der Waals surface area contributed by atoms with Gasteiger partial charge in [0.25, 0.3) is 0 Å². The second-order valence-corrected chi connectivity index (χ2v) is 5.57. The van der Waals surface area contributed by atoms with Gasteiger partial charge >= 0.3 is 6.09 Å². The maximum atomic E-state index is 11.2. The van der Waals surface area contributed by atoms with Gasteiger partial charge in [-0.1, -0.05) is 76.5 Å². The molecule has 1 aromatic carbocycles. The van der Waals surface area contributed by atoms with Crippen molar-refractivity contribution in [3.05, 3.63) is 30.3 Å². The van der Waals surface area contributed by atoms with Gasteiger partial charge < -0.3 is 5.11 Å². The number of para-hydroxylation sites is 1. The molecule has 0 spiro atoms. The zero-order valence-electron chi connectivity index (χ0n) is 13.7. The van der Waals surface area contributed by atoms with E-state index in [0.29, 0.717) is 12.3 Å². The Morgan fingerprint density at radius 3 is 2.05 bits per heavy atom. The van der Waals surface area contributed by atoms with E-state index in [0.717, 1.165) is 17.9 Å². The van der Waals surface area contributed by atoms with Gasteiger partial charge in [-0.25, -0.2) is 4.79 Å². The highest BCUT2D eigenvalue weighted by Gasteiger charge is 2.14. The third-order valence-corrected chi connectivity index (χ3v) is 3.63. The van der Waals surface area contributed by atoms with Crippen LogP contribution in [0.3, 0.4) is 0 Å². The zero-order valence-corrected chi connectivity index (χ0v) is 13.7. The highest BCUT2D eigenvalue weighted by atomic mass is 16.7. The van der Waals surface area contributed by atoms with Crippen LogP contribution in [-0.2, 0) is 4.84 Å². The fraction of sp³-hybridized carbons (Fsp3) is 0.611. The van der Waals surface area contributed by atoms with Crippen molar-refractivity contribution in [1.82, 2.24) is 0 Å². The number of unbranched alkanes of at least 4 members (excludes halogenated alkanes) is 8. The lowest BCUT2D eigenvalue weighted by Gasteiger charge is -2.18. The Morgan fingerprint density at radius 1 is 0.955 bits per heavy atom. The van der Waals surface area contributed by atoms with Crippen molar-refractivity contribution < 1.29 is 14.7 Å². The topological polar surface area (TPSA) is 49.8 Å². The number of carbonyl (C=O) groups is 1. The van der Waals surface area contributed by atoms with Crippen molar-refractivity contribution >= 4 is 11.8 Å². The van der Waals surface area contributed by atoms with Crippen molar-refractivity contribution in [3.63, 3.8) is 0 Å². The van der Waals surface area contributed by atoms with Crippen molar-refractivity contribution in [2.24, 2.45) is 0 Å². The number of carboxylic acid groups (broad SMARTS) is 1. The van der Waals surface area contributed by atoms with E-state index < -0.39 is 6.09 Å². The molecule has 0 aromatic heterocycles. The summed E-state index contributed by atoms with van der Waals surface area (Å²) in [5.41, 5.74) is 0.547. The van der Waals surface area contributed by atoms with E-state index in [9.17, 15) is 9.90 Å². The molecule has 0 radical (unpaired) electrons. The van der Waals surface area contributed by atoms with Gasteiger partial charge in [0.1, 0.15) is 0 Å². The van der Waals surface area contributed by atoms with E-state index >= 15 is 0 Å². The molecule has 0 unspecified atom stereocenters. The molecule has 1 rings (SSSR count). The van der Waals surface area contributed by atoms with Crippen molar-refractivity contribution in [2.75, 3.05) is 11.7 Å². The number of anilines is 1. The minimum absolute atomic E-state index is 0.441. The monoisotopic (exact) mass is 307 g/mol. The van der Waals surface area contributed by atoms with Gasteiger partial charge in [-0.2, -0.15) is 5.06 Å². The normalized spacial score (nSPS) is 10.6. The molecule has 0 fully saturated rings. The predicted octanol–water partition coefficient (Wildman–Crippen LogP) is 5.63. The Kier molecular flexibility index (Phi) is 10.1. The molecule has 4 nitrogen and oxygen atoms in total. The summed E-state index contributed by atoms with van der Waals surface area (Å²) >= 11 is 0. The van der Waals surface area contributed by atoms with E-state index in [2.05, 4.69) is 6.92 Å². The van der Waals surface area contributed by atoms with Crippen molar-refractivity contribution in [2.45, 2.75) is 64.7 Å². The first-order chi connectivity index (χ1) is 10.8. The van der Waals surface area contributed by atoms with Gasteiger partial charge in [0.2, 0.25) is 0 Å². The molecule has 124 valence electrons. The minimum Gasteiger partial charge on any atom is -0.463 e. The second-order valence-electron chi connectivity index (χ2n) is 5.57. The van der Waals surface area contributed by atoms with Crippen molar-refractivity contribution in [1.29, 1.82) is 0 Å². The van der Waals surface area contributed by atoms with Crippen LogP contribution in [0.15, 0.2) is 30.3 Å². The third kappa shape index (κ3) is 8.03. The largest absolute Gasteiger partial charge is 0.463 e. The molecule has 0 saturated carbocycles. The van der Waals surface area contributed by atoms with E-state index in [-0.39, 0.29) is 0 Å². The summed E-state index contributed by atoms with van der Waals surface area (Å²) in [6, 6.07) is 8.90. The number of hydrogen-bond acceptors (Lipinski definition) is 2. The molecule has 0 heterocycles. The molecule has 1 amide bonds. The summed E-state index contributed by atoms with van der Waals surface area (Å²) in [4.78, 5) is 16.6. The SMILES string of the molecule is CCCCCCCCCCCON(C(=O)O)c1ccccc1. The van der Waals surface area contributed by atoms with Crippen LogP contribution < -0.4 is 5.06 Å². The highest BCUT2D eigenvalue weighted by molar-refractivity contribution is 5.83. The van der Waals surface area contributed by atoms with Gasteiger partial charge in [0.15, 0.2) is 0 Å². The summed E-state index contributed by atoms with van der Waals surface area (Å²) in [7, 11) is 0. The Hall–Kier alpha value is -1.55. The van der Waals surface area contributed by atoms with E-state index in [1.54, 1.807) is 24.3 Å². The third-order valence-electron chi connectivity index (χ3n) is 3.63. The lowest BCUT2D eigenvalue weighted by atomic mass is 10.1. The Bertz CT molecular complexity index is 395. The van der Waals surface area contributed by atoms with Crippen LogP contribution in [-0.4, -0.2) is 17.8 Å². The van der Waals surface area contributed by atoms with Gasteiger partial charge in [0.05, 0.1) is 12.3 Å². The number of rotatable bonds is 12. The maximum Gasteiger partial charge on any atom is 0.436 e. The van der Waals surface area contributed by atoms with E-state index in [1.165, 1.54) is 44.9 Å². The van der Waals surface area contributed by atoms with Crippen LogP contribution in [0.2, 0.25) is 0 Å². The number of amides is 1. The molecule has 0 atom stereocenters. The summed E-state index contributed by atoms with van der Waals surface area (Å²) in [6.45, 7) is 2.67. The maximum absolute atomic E-state index is 11.2. The first kappa shape index (κ1) is 18.5. The molecule has 0 saturated heterocycles. The van der Waals surface area contributed by atoms with Gasteiger partial charge in [0, 0.05) is 0 Å². The molecular weight excluding hydrogens is 278 g/mol. The highest BCUT2D eigenvalue weighted by Crippen LogP contribution is 2.15. The summed E-state index contributed by atoms with van der Waals surface area (Å²) in [5, 5.41) is 10.1. The van der Waals surface area contributed by atoms with Crippen LogP contribution >= 0.6 is 0 Å². The molecule has 22 heavy (non-hydrogen) atoms. The Labute approximate surface area is 134 Å². The quantitative estimate of drug-likeness (QED) is 0.402. The average Bonchev–Trinajstić information content (AvgIpc) is 2.53. The summed E-state index contributed by atoms with van der Waals surface area (Å²) < 4.78 is 0. The molecule has 1 N–H and O–H groups in total. The Balaban J connectivity index is 2.08.